The summed E-state index contributed by atoms with van der Waals surface area (Å²) in [7, 11) is 0. The van der Waals surface area contributed by atoms with E-state index in [1.807, 2.05) is 12.1 Å². The Morgan fingerprint density at radius 3 is 2.83 bits per heavy atom. The molecule has 1 heterocycles. The lowest BCUT2D eigenvalue weighted by Crippen LogP contribution is -2.36. The van der Waals surface area contributed by atoms with E-state index in [4.69, 9.17) is 22.1 Å². The van der Waals surface area contributed by atoms with Crippen molar-refractivity contribution in [3.8, 4) is 5.75 Å². The molecule has 0 spiro atoms. The van der Waals surface area contributed by atoms with Gasteiger partial charge in [-0.3, -0.25) is 9.79 Å². The Hall–Kier alpha value is -2.53. The highest BCUT2D eigenvalue weighted by molar-refractivity contribution is 6.30. The van der Waals surface area contributed by atoms with Crippen LogP contribution in [0.5, 0.6) is 5.75 Å². The zero-order valence-corrected chi connectivity index (χ0v) is 13.2. The molecule has 0 fully saturated rings. The van der Waals surface area contributed by atoms with Gasteiger partial charge in [0, 0.05) is 29.0 Å². The van der Waals surface area contributed by atoms with E-state index in [2.05, 4.69) is 4.99 Å². The Kier molecular flexibility index (Phi) is 4.48. The van der Waals surface area contributed by atoms with Crippen LogP contribution in [0, 0.1) is 0 Å². The molecule has 2 N–H and O–H groups in total. The summed E-state index contributed by atoms with van der Waals surface area (Å²) < 4.78 is 5.54. The fraction of sp³-hybridized carbons (Fsp3) is 0.176. The number of anilines is 2. The zero-order valence-electron chi connectivity index (χ0n) is 12.4. The second kappa shape index (κ2) is 6.71. The van der Waals surface area contributed by atoms with Gasteiger partial charge in [0.1, 0.15) is 5.75 Å². The molecule has 0 aliphatic carbocycles. The van der Waals surface area contributed by atoms with Gasteiger partial charge in [-0.2, -0.15) is 0 Å². The molecule has 1 aliphatic rings. The van der Waals surface area contributed by atoms with Crippen molar-refractivity contribution in [2.75, 3.05) is 30.3 Å². The number of fused-ring (bicyclic) bond motifs is 1. The van der Waals surface area contributed by atoms with Crippen molar-refractivity contribution in [2.24, 2.45) is 4.99 Å². The third-order valence-corrected chi connectivity index (χ3v) is 3.75. The number of nitrogens with zero attached hydrogens (tertiary/aromatic N) is 2. The number of benzodiazepines with no additional fused rings is 1. The van der Waals surface area contributed by atoms with Gasteiger partial charge >= 0.3 is 0 Å². The van der Waals surface area contributed by atoms with E-state index in [9.17, 15) is 4.79 Å². The van der Waals surface area contributed by atoms with Crippen LogP contribution in [0.25, 0.3) is 0 Å². The van der Waals surface area contributed by atoms with Gasteiger partial charge in [0.15, 0.2) is 6.61 Å². The van der Waals surface area contributed by atoms with Crippen molar-refractivity contribution in [1.29, 1.82) is 0 Å². The van der Waals surface area contributed by atoms with Gasteiger partial charge in [0.2, 0.25) is 0 Å². The molecule has 1 aliphatic heterocycles. The average Bonchev–Trinajstić information content (AvgIpc) is 2.76. The molecule has 1 amide bonds. The van der Waals surface area contributed by atoms with E-state index in [1.54, 1.807) is 41.4 Å². The van der Waals surface area contributed by atoms with Gasteiger partial charge < -0.3 is 15.4 Å². The summed E-state index contributed by atoms with van der Waals surface area (Å²) in [6.07, 6.45) is 1.75. The molecule has 3 rings (SSSR count). The number of nitrogen functional groups attached to an aromatic ring is 1. The molecule has 0 aromatic heterocycles. The number of hydrogen-bond donors (Lipinski definition) is 1. The molecule has 118 valence electrons. The number of ether oxygens (including phenoxy) is 1. The summed E-state index contributed by atoms with van der Waals surface area (Å²) in [6.45, 7) is 1.00. The first-order valence-corrected chi connectivity index (χ1v) is 7.59. The molecular weight excluding hydrogens is 314 g/mol. The van der Waals surface area contributed by atoms with Crippen molar-refractivity contribution in [1.82, 2.24) is 0 Å². The summed E-state index contributed by atoms with van der Waals surface area (Å²) in [5, 5.41) is 0.625. The minimum absolute atomic E-state index is 0.0501. The molecule has 0 saturated carbocycles. The molecular formula is C17H16ClN3O2. The van der Waals surface area contributed by atoms with E-state index in [0.29, 0.717) is 29.5 Å². The molecule has 6 heteroatoms. The van der Waals surface area contributed by atoms with Crippen LogP contribution in [0.2, 0.25) is 5.02 Å². The Balaban J connectivity index is 1.74. The molecule has 2 aromatic carbocycles. The van der Waals surface area contributed by atoms with E-state index in [1.165, 1.54) is 0 Å². The van der Waals surface area contributed by atoms with Crippen LogP contribution < -0.4 is 15.4 Å². The Morgan fingerprint density at radius 1 is 1.26 bits per heavy atom. The van der Waals surface area contributed by atoms with E-state index >= 15 is 0 Å². The van der Waals surface area contributed by atoms with Gasteiger partial charge in [0.25, 0.3) is 5.91 Å². The SMILES string of the molecule is Nc1ccc2c(c1)C=NCCN2C(=O)COc1ccc(Cl)cc1. The standard InChI is InChI=1S/C17H16ClN3O2/c18-13-1-4-15(5-2-13)23-11-17(22)21-8-7-20-10-12-9-14(19)3-6-16(12)21/h1-6,9-10H,7-8,11,19H2. The number of hydrogen-bond acceptors (Lipinski definition) is 4. The fourth-order valence-corrected chi connectivity index (χ4v) is 2.50. The van der Waals surface area contributed by atoms with Crippen LogP contribution in [-0.4, -0.2) is 31.8 Å². The predicted octanol–water partition coefficient (Wildman–Crippen LogP) is 2.77. The molecule has 23 heavy (non-hydrogen) atoms. The number of rotatable bonds is 3. The molecule has 2 aromatic rings. The van der Waals surface area contributed by atoms with Crippen molar-refractivity contribution in [3.63, 3.8) is 0 Å². The van der Waals surface area contributed by atoms with Crippen LogP contribution in [0.1, 0.15) is 5.56 Å². The van der Waals surface area contributed by atoms with E-state index < -0.39 is 0 Å². The van der Waals surface area contributed by atoms with Crippen molar-refractivity contribution >= 4 is 35.1 Å². The lowest BCUT2D eigenvalue weighted by Gasteiger charge is -2.22. The van der Waals surface area contributed by atoms with Gasteiger partial charge in [-0.05, 0) is 42.5 Å². The van der Waals surface area contributed by atoms with Gasteiger partial charge in [-0.15, -0.1) is 0 Å². The van der Waals surface area contributed by atoms with Gasteiger partial charge in [0.05, 0.1) is 12.2 Å². The Bertz CT molecular complexity index is 744. The monoisotopic (exact) mass is 329 g/mol. The van der Waals surface area contributed by atoms with Crippen molar-refractivity contribution in [2.45, 2.75) is 0 Å². The summed E-state index contributed by atoms with van der Waals surface area (Å²) in [5.74, 6) is 0.475. The maximum absolute atomic E-state index is 12.5. The van der Waals surface area contributed by atoms with Gasteiger partial charge in [-0.25, -0.2) is 0 Å². The maximum Gasteiger partial charge on any atom is 0.264 e. The van der Waals surface area contributed by atoms with Crippen LogP contribution in [-0.2, 0) is 4.79 Å². The quantitative estimate of drug-likeness (QED) is 0.880. The number of carbonyl (C=O) groups is 1. The minimum atomic E-state index is -0.128. The van der Waals surface area contributed by atoms with Gasteiger partial charge in [-0.1, -0.05) is 11.6 Å². The Morgan fingerprint density at radius 2 is 2.04 bits per heavy atom. The van der Waals surface area contributed by atoms with Crippen LogP contribution >= 0.6 is 11.6 Å². The van der Waals surface area contributed by atoms with Crippen molar-refractivity contribution < 1.29 is 9.53 Å². The summed E-state index contributed by atoms with van der Waals surface area (Å²) in [6, 6.07) is 12.3. The van der Waals surface area contributed by atoms with E-state index in [0.717, 1.165) is 11.3 Å². The smallest absolute Gasteiger partial charge is 0.264 e. The highest BCUT2D eigenvalue weighted by Gasteiger charge is 2.20. The minimum Gasteiger partial charge on any atom is -0.484 e. The first kappa shape index (κ1) is 15.4. The zero-order chi connectivity index (χ0) is 16.2. The molecule has 0 unspecified atom stereocenters. The highest BCUT2D eigenvalue weighted by atomic mass is 35.5. The molecule has 0 atom stereocenters. The summed E-state index contributed by atoms with van der Waals surface area (Å²) >= 11 is 5.83. The average molecular weight is 330 g/mol. The van der Waals surface area contributed by atoms with Crippen LogP contribution in [0.15, 0.2) is 47.5 Å². The normalized spacial score (nSPS) is 13.3. The number of nitrogens with two attached hydrogens (primary N) is 1. The number of carbonyl (C=O) groups excluding carboxylic acids is 1. The number of amides is 1. The molecule has 5 nitrogen and oxygen atoms in total. The topological polar surface area (TPSA) is 67.9 Å². The number of benzene rings is 2. The van der Waals surface area contributed by atoms with E-state index in [-0.39, 0.29) is 12.5 Å². The third-order valence-electron chi connectivity index (χ3n) is 3.50. The first-order valence-electron chi connectivity index (χ1n) is 7.21. The second-order valence-electron chi connectivity index (χ2n) is 5.14. The first-order chi connectivity index (χ1) is 11.1. The lowest BCUT2D eigenvalue weighted by molar-refractivity contribution is -0.120. The number of aliphatic imine (C=N–C) groups is 1. The third kappa shape index (κ3) is 3.63. The number of halogens is 1. The molecule has 0 saturated heterocycles. The molecule has 0 radical (unpaired) electrons. The maximum atomic E-state index is 12.5. The fourth-order valence-electron chi connectivity index (χ4n) is 2.38. The van der Waals surface area contributed by atoms with Crippen LogP contribution in [0.3, 0.4) is 0 Å². The summed E-state index contributed by atoms with van der Waals surface area (Å²) in [4.78, 5) is 18.5. The van der Waals surface area contributed by atoms with Crippen LogP contribution in [0.4, 0.5) is 11.4 Å². The largest absolute Gasteiger partial charge is 0.484 e. The second-order valence-corrected chi connectivity index (χ2v) is 5.58. The summed E-state index contributed by atoms with van der Waals surface area (Å²) in [5.41, 5.74) is 8.07. The highest BCUT2D eigenvalue weighted by Crippen LogP contribution is 2.24. The Labute approximate surface area is 139 Å². The molecule has 0 bridgehead atoms. The predicted molar refractivity (Wildman–Crippen MR) is 92.6 cm³/mol. The lowest BCUT2D eigenvalue weighted by atomic mass is 10.1. The van der Waals surface area contributed by atoms with Crippen molar-refractivity contribution in [3.05, 3.63) is 53.1 Å².